The highest BCUT2D eigenvalue weighted by molar-refractivity contribution is 7.90. The van der Waals surface area contributed by atoms with Gasteiger partial charge < -0.3 is 9.47 Å². The molecule has 0 bridgehead atoms. The number of nitrogens with zero attached hydrogens (tertiary/aromatic N) is 1. The summed E-state index contributed by atoms with van der Waals surface area (Å²) >= 11 is 6.13. The molecule has 38 heavy (non-hydrogen) atoms. The predicted molar refractivity (Wildman–Crippen MR) is 138 cm³/mol. The Balaban J connectivity index is 1.72. The van der Waals surface area contributed by atoms with E-state index in [0.29, 0.717) is 25.1 Å². The second kappa shape index (κ2) is 12.6. The second-order valence-corrected chi connectivity index (χ2v) is 11.0. The van der Waals surface area contributed by atoms with E-state index in [1.54, 1.807) is 6.07 Å². The van der Waals surface area contributed by atoms with Gasteiger partial charge in [-0.1, -0.05) is 54.1 Å². The van der Waals surface area contributed by atoms with Gasteiger partial charge >= 0.3 is 12.1 Å². The molecule has 204 valence electrons. The van der Waals surface area contributed by atoms with E-state index < -0.39 is 27.5 Å². The molecule has 0 N–H and O–H groups in total. The zero-order valence-electron chi connectivity index (χ0n) is 20.8. The zero-order valence-corrected chi connectivity index (χ0v) is 22.4. The van der Waals surface area contributed by atoms with E-state index in [9.17, 15) is 26.4 Å². The summed E-state index contributed by atoms with van der Waals surface area (Å²) in [6, 6.07) is 17.4. The molecule has 0 atom stereocenters. The van der Waals surface area contributed by atoms with E-state index in [2.05, 4.69) is 4.74 Å². The summed E-state index contributed by atoms with van der Waals surface area (Å²) in [6.45, 7) is 1.31. The number of hydrogen-bond donors (Lipinski definition) is 0. The number of halogens is 4. The van der Waals surface area contributed by atoms with Gasteiger partial charge in [-0.15, -0.1) is 0 Å². The van der Waals surface area contributed by atoms with Crippen molar-refractivity contribution >= 4 is 27.4 Å². The van der Waals surface area contributed by atoms with E-state index in [-0.39, 0.29) is 34.4 Å². The molecule has 6 nitrogen and oxygen atoms in total. The third-order valence-corrected chi connectivity index (χ3v) is 7.26. The third-order valence-electron chi connectivity index (χ3n) is 5.67. The van der Waals surface area contributed by atoms with Crippen LogP contribution in [0.2, 0.25) is 5.02 Å². The molecule has 0 unspecified atom stereocenters. The quantitative estimate of drug-likeness (QED) is 0.208. The van der Waals surface area contributed by atoms with Crippen molar-refractivity contribution in [2.24, 2.45) is 0 Å². The van der Waals surface area contributed by atoms with Gasteiger partial charge in [0.05, 0.1) is 34.8 Å². The van der Waals surface area contributed by atoms with Gasteiger partial charge in [-0.3, -0.25) is 4.90 Å². The fourth-order valence-corrected chi connectivity index (χ4v) is 5.05. The van der Waals surface area contributed by atoms with Gasteiger partial charge in [0, 0.05) is 25.9 Å². The maximum absolute atomic E-state index is 13.3. The average molecular weight is 570 g/mol. The Morgan fingerprint density at radius 2 is 1.71 bits per heavy atom. The van der Waals surface area contributed by atoms with E-state index >= 15 is 0 Å². The van der Waals surface area contributed by atoms with Gasteiger partial charge in [-0.2, -0.15) is 13.2 Å². The van der Waals surface area contributed by atoms with E-state index in [1.807, 2.05) is 35.2 Å². The number of carbonyl (C=O) groups excluding carboxylic acids is 1. The van der Waals surface area contributed by atoms with Gasteiger partial charge in [0.2, 0.25) is 0 Å². The molecule has 3 aromatic carbocycles. The van der Waals surface area contributed by atoms with Crippen molar-refractivity contribution in [3.05, 3.63) is 94.0 Å². The monoisotopic (exact) mass is 569 g/mol. The van der Waals surface area contributed by atoms with Gasteiger partial charge in [-0.25, -0.2) is 13.2 Å². The van der Waals surface area contributed by atoms with Crippen molar-refractivity contribution in [3.8, 4) is 5.75 Å². The highest BCUT2D eigenvalue weighted by Crippen LogP contribution is 2.36. The van der Waals surface area contributed by atoms with Crippen LogP contribution >= 0.6 is 11.6 Å². The summed E-state index contributed by atoms with van der Waals surface area (Å²) in [5.41, 5.74) is 0.369. The second-order valence-electron chi connectivity index (χ2n) is 8.60. The third kappa shape index (κ3) is 7.96. The minimum absolute atomic E-state index is 0.0886. The molecule has 0 spiro atoms. The highest BCUT2D eigenvalue weighted by Gasteiger charge is 2.34. The summed E-state index contributed by atoms with van der Waals surface area (Å²) in [5, 5.41) is -0.326. The number of sulfone groups is 1. The van der Waals surface area contributed by atoms with Crippen molar-refractivity contribution in [1.29, 1.82) is 0 Å². The Hall–Kier alpha value is -3.08. The van der Waals surface area contributed by atoms with Crippen LogP contribution in [0.3, 0.4) is 0 Å². The molecular weight excluding hydrogens is 543 g/mol. The lowest BCUT2D eigenvalue weighted by Gasteiger charge is -2.24. The van der Waals surface area contributed by atoms with Crippen LogP contribution in [0.25, 0.3) is 0 Å². The largest absolute Gasteiger partial charge is 0.494 e. The van der Waals surface area contributed by atoms with Crippen molar-refractivity contribution in [2.45, 2.75) is 30.6 Å². The molecule has 3 rings (SSSR count). The van der Waals surface area contributed by atoms with Crippen LogP contribution in [0.5, 0.6) is 5.75 Å². The van der Waals surface area contributed by atoms with Crippen LogP contribution in [-0.2, 0) is 33.8 Å². The first-order valence-corrected chi connectivity index (χ1v) is 13.8. The van der Waals surface area contributed by atoms with Crippen molar-refractivity contribution in [1.82, 2.24) is 4.90 Å². The van der Waals surface area contributed by atoms with Crippen molar-refractivity contribution in [3.63, 3.8) is 0 Å². The molecule has 0 aliphatic rings. The van der Waals surface area contributed by atoms with Crippen LogP contribution in [0.15, 0.2) is 71.6 Å². The standard InChI is InChI=1S/C27H27ClF3NO5S/c1-36-26(33)22-13-12-21(16-24(22)38(2,34)35)37-15-7-14-32(17-19-8-4-3-5-9-19)18-20-10-6-11-23(25(20)28)27(29,30)31/h3-6,8-13,16H,7,14-15,17-18H2,1-2H3. The zero-order chi connectivity index (χ0) is 27.9. The maximum atomic E-state index is 13.3. The van der Waals surface area contributed by atoms with Crippen molar-refractivity contribution in [2.75, 3.05) is 26.5 Å². The molecule has 0 radical (unpaired) electrons. The number of ether oxygens (including phenoxy) is 2. The Morgan fingerprint density at radius 3 is 2.34 bits per heavy atom. The van der Waals surface area contributed by atoms with E-state index in [0.717, 1.165) is 25.0 Å². The number of methoxy groups -OCH3 is 1. The highest BCUT2D eigenvalue weighted by atomic mass is 35.5. The molecule has 0 amide bonds. The molecule has 11 heteroatoms. The molecule has 0 aliphatic carbocycles. The Bertz CT molecular complexity index is 1360. The lowest BCUT2D eigenvalue weighted by Crippen LogP contribution is -2.25. The van der Waals surface area contributed by atoms with Crippen LogP contribution in [0.4, 0.5) is 13.2 Å². The molecule has 0 heterocycles. The minimum atomic E-state index is -4.56. The Kier molecular flexibility index (Phi) is 9.81. The van der Waals surface area contributed by atoms with E-state index in [4.69, 9.17) is 16.3 Å². The lowest BCUT2D eigenvalue weighted by molar-refractivity contribution is -0.137. The van der Waals surface area contributed by atoms with Crippen molar-refractivity contribution < 1.29 is 35.9 Å². The first kappa shape index (κ1) is 29.5. The molecular formula is C27H27ClF3NO5S. The Morgan fingerprint density at radius 1 is 1.00 bits per heavy atom. The number of benzene rings is 3. The maximum Gasteiger partial charge on any atom is 0.417 e. The molecule has 0 aliphatic heterocycles. The number of esters is 1. The predicted octanol–water partition coefficient (Wildman–Crippen LogP) is 6.02. The fraction of sp³-hybridized carbons (Fsp3) is 0.296. The van der Waals surface area contributed by atoms with Gasteiger partial charge in [-0.05, 0) is 41.8 Å². The van der Waals surface area contributed by atoms with Crippen LogP contribution in [0, 0.1) is 0 Å². The lowest BCUT2D eigenvalue weighted by atomic mass is 10.1. The fourth-order valence-electron chi connectivity index (χ4n) is 3.87. The number of hydrogen-bond acceptors (Lipinski definition) is 6. The molecule has 0 fully saturated rings. The van der Waals surface area contributed by atoms with E-state index in [1.165, 1.54) is 24.3 Å². The molecule has 0 saturated heterocycles. The first-order chi connectivity index (χ1) is 17.9. The van der Waals surface area contributed by atoms with Crippen LogP contribution in [-0.4, -0.2) is 45.8 Å². The summed E-state index contributed by atoms with van der Waals surface area (Å²) < 4.78 is 74.7. The van der Waals surface area contributed by atoms with Crippen LogP contribution < -0.4 is 4.74 Å². The van der Waals surface area contributed by atoms with Crippen LogP contribution in [0.1, 0.15) is 33.5 Å². The first-order valence-electron chi connectivity index (χ1n) is 11.6. The summed E-state index contributed by atoms with van der Waals surface area (Å²) in [5.74, 6) is -0.518. The van der Waals surface area contributed by atoms with Gasteiger partial charge in [0.1, 0.15) is 5.75 Å². The Labute approximate surface area is 224 Å². The minimum Gasteiger partial charge on any atom is -0.494 e. The number of alkyl halides is 3. The SMILES string of the molecule is COC(=O)c1ccc(OCCCN(Cc2ccccc2)Cc2cccc(C(F)(F)F)c2Cl)cc1S(C)(=O)=O. The topological polar surface area (TPSA) is 72.9 Å². The number of rotatable bonds is 11. The molecule has 3 aromatic rings. The summed E-state index contributed by atoms with van der Waals surface area (Å²) in [7, 11) is -2.56. The molecule has 0 aromatic heterocycles. The number of carbonyl (C=O) groups is 1. The van der Waals surface area contributed by atoms with Gasteiger partial charge in [0.25, 0.3) is 0 Å². The average Bonchev–Trinajstić information content (AvgIpc) is 2.86. The van der Waals surface area contributed by atoms with Gasteiger partial charge in [0.15, 0.2) is 9.84 Å². The smallest absolute Gasteiger partial charge is 0.417 e. The molecule has 0 saturated carbocycles. The summed E-state index contributed by atoms with van der Waals surface area (Å²) in [4.78, 5) is 13.7. The summed E-state index contributed by atoms with van der Waals surface area (Å²) in [6.07, 6.45) is -3.09. The normalized spacial score (nSPS) is 12.0.